The summed E-state index contributed by atoms with van der Waals surface area (Å²) in [4.78, 5) is 2.41. The molecule has 180 valence electrons. The smallest absolute Gasteiger partial charge is 0.243 e. The van der Waals surface area contributed by atoms with Crippen LogP contribution in [0.5, 0.6) is 11.5 Å². The molecule has 1 aliphatic rings. The highest BCUT2D eigenvalue weighted by Crippen LogP contribution is 2.33. The summed E-state index contributed by atoms with van der Waals surface area (Å²) in [5.74, 6) is 2.23. The molecule has 1 aromatic heterocycles. The van der Waals surface area contributed by atoms with Gasteiger partial charge in [0.05, 0.1) is 24.8 Å². The van der Waals surface area contributed by atoms with Gasteiger partial charge in [-0.15, -0.1) is 10.2 Å². The minimum atomic E-state index is -3.61. The van der Waals surface area contributed by atoms with E-state index in [1.54, 1.807) is 24.6 Å². The summed E-state index contributed by atoms with van der Waals surface area (Å²) in [5, 5.41) is 8.76. The molecule has 3 aromatic rings. The number of nitrogens with zero attached hydrogens (tertiary/aromatic N) is 4. The van der Waals surface area contributed by atoms with E-state index < -0.39 is 10.0 Å². The number of aryl methyl sites for hydroxylation is 1. The highest BCUT2D eigenvalue weighted by molar-refractivity contribution is 7.89. The minimum Gasteiger partial charge on any atom is -0.497 e. The normalized spacial score (nSPS) is 14.8. The van der Waals surface area contributed by atoms with Crippen molar-refractivity contribution < 1.29 is 17.9 Å². The summed E-state index contributed by atoms with van der Waals surface area (Å²) >= 11 is 0. The van der Waals surface area contributed by atoms with E-state index in [1.807, 2.05) is 57.2 Å². The summed E-state index contributed by atoms with van der Waals surface area (Å²) in [6.45, 7) is 7.44. The molecule has 2 heterocycles. The average molecular weight is 483 g/mol. The molecule has 1 saturated heterocycles. The first kappa shape index (κ1) is 24.0. The number of aromatic nitrogens is 2. The monoisotopic (exact) mass is 482 g/mol. The Kier molecular flexibility index (Phi) is 6.77. The topological polar surface area (TPSA) is 84.9 Å². The van der Waals surface area contributed by atoms with Crippen LogP contribution in [0.15, 0.2) is 47.4 Å². The van der Waals surface area contributed by atoms with Crippen molar-refractivity contribution in [1.29, 1.82) is 0 Å². The van der Waals surface area contributed by atoms with Crippen molar-refractivity contribution >= 4 is 15.8 Å². The molecule has 34 heavy (non-hydrogen) atoms. The average Bonchev–Trinajstić information content (AvgIpc) is 2.86. The Balaban J connectivity index is 1.48. The van der Waals surface area contributed by atoms with Crippen LogP contribution in [0.1, 0.15) is 16.7 Å². The number of hydrogen-bond donors (Lipinski definition) is 0. The molecular formula is C25H30N4O4S. The van der Waals surface area contributed by atoms with Gasteiger partial charge in [-0.25, -0.2) is 8.42 Å². The van der Waals surface area contributed by atoms with Gasteiger partial charge in [0, 0.05) is 31.7 Å². The largest absolute Gasteiger partial charge is 0.497 e. The van der Waals surface area contributed by atoms with Crippen LogP contribution in [0, 0.1) is 20.8 Å². The van der Waals surface area contributed by atoms with Crippen molar-refractivity contribution in [2.45, 2.75) is 25.7 Å². The third-order valence-electron chi connectivity index (χ3n) is 6.38. The first-order valence-corrected chi connectivity index (χ1v) is 12.6. The van der Waals surface area contributed by atoms with E-state index in [0.29, 0.717) is 31.1 Å². The van der Waals surface area contributed by atoms with Crippen molar-refractivity contribution in [2.75, 3.05) is 45.3 Å². The van der Waals surface area contributed by atoms with Gasteiger partial charge >= 0.3 is 0 Å². The molecule has 0 saturated carbocycles. The van der Waals surface area contributed by atoms with Crippen molar-refractivity contribution in [2.24, 2.45) is 0 Å². The summed E-state index contributed by atoms with van der Waals surface area (Å²) < 4.78 is 39.2. The van der Waals surface area contributed by atoms with E-state index in [2.05, 4.69) is 15.1 Å². The number of piperazine rings is 1. The molecule has 0 spiro atoms. The fraction of sp³-hybridized carbons (Fsp3) is 0.360. The molecule has 0 N–H and O–H groups in total. The van der Waals surface area contributed by atoms with Crippen molar-refractivity contribution in [3.8, 4) is 22.8 Å². The first-order chi connectivity index (χ1) is 16.3. The Bertz CT molecular complexity index is 1290. The number of benzene rings is 2. The Morgan fingerprint density at radius 3 is 2.21 bits per heavy atom. The van der Waals surface area contributed by atoms with Gasteiger partial charge in [0.2, 0.25) is 10.0 Å². The maximum absolute atomic E-state index is 13.4. The van der Waals surface area contributed by atoms with E-state index in [4.69, 9.17) is 9.47 Å². The molecule has 1 fully saturated rings. The van der Waals surface area contributed by atoms with Crippen LogP contribution < -0.4 is 14.4 Å². The number of sulfonamides is 1. The minimum absolute atomic E-state index is 0.346. The second kappa shape index (κ2) is 9.60. The highest BCUT2D eigenvalue weighted by atomic mass is 32.2. The summed E-state index contributed by atoms with van der Waals surface area (Å²) in [5.41, 5.74) is 4.07. The third-order valence-corrected chi connectivity index (χ3v) is 8.40. The first-order valence-electron chi connectivity index (χ1n) is 11.1. The molecule has 9 heteroatoms. The molecule has 2 aromatic carbocycles. The maximum Gasteiger partial charge on any atom is 0.243 e. The number of anilines is 1. The zero-order chi connectivity index (χ0) is 24.5. The molecule has 0 unspecified atom stereocenters. The fourth-order valence-corrected chi connectivity index (χ4v) is 6.12. The van der Waals surface area contributed by atoms with Crippen LogP contribution in [0.4, 0.5) is 5.82 Å². The number of hydrogen-bond acceptors (Lipinski definition) is 7. The van der Waals surface area contributed by atoms with Gasteiger partial charge in [-0.1, -0.05) is 12.1 Å². The summed E-state index contributed by atoms with van der Waals surface area (Å²) in [6, 6.07) is 13.2. The zero-order valence-electron chi connectivity index (χ0n) is 20.2. The van der Waals surface area contributed by atoms with Gasteiger partial charge in [-0.2, -0.15) is 4.31 Å². The van der Waals surface area contributed by atoms with Gasteiger partial charge in [0.25, 0.3) is 0 Å². The van der Waals surface area contributed by atoms with E-state index in [-0.39, 0.29) is 0 Å². The molecule has 4 rings (SSSR count). The number of methoxy groups -OCH3 is 2. The standard InChI is InChI=1S/C25H30N4O4S/c1-17-15-23(18(2)19(3)25(17)33-5)34(30,31)29-13-11-28(12-14-29)24-10-9-22(26-27-24)20-7-6-8-21(16-20)32-4/h6-10,15-16H,11-14H2,1-5H3. The molecular weight excluding hydrogens is 452 g/mol. The predicted octanol–water partition coefficient (Wildman–Crippen LogP) is 3.60. The Hall–Kier alpha value is -3.17. The highest BCUT2D eigenvalue weighted by Gasteiger charge is 2.31. The quantitative estimate of drug-likeness (QED) is 0.531. The maximum atomic E-state index is 13.4. The lowest BCUT2D eigenvalue weighted by Crippen LogP contribution is -2.49. The summed E-state index contributed by atoms with van der Waals surface area (Å²) in [7, 11) is -0.378. The van der Waals surface area contributed by atoms with Gasteiger partial charge in [0.1, 0.15) is 11.5 Å². The van der Waals surface area contributed by atoms with E-state index >= 15 is 0 Å². The zero-order valence-corrected chi connectivity index (χ0v) is 21.0. The van der Waals surface area contributed by atoms with E-state index in [9.17, 15) is 8.42 Å². The molecule has 0 amide bonds. The fourth-order valence-electron chi connectivity index (χ4n) is 4.33. The molecule has 0 radical (unpaired) electrons. The van der Waals surface area contributed by atoms with E-state index in [0.717, 1.165) is 45.3 Å². The Morgan fingerprint density at radius 2 is 1.59 bits per heavy atom. The third kappa shape index (κ3) is 4.45. The Morgan fingerprint density at radius 1 is 0.853 bits per heavy atom. The van der Waals surface area contributed by atoms with Crippen LogP contribution in [0.3, 0.4) is 0 Å². The lowest BCUT2D eigenvalue weighted by molar-refractivity contribution is 0.382. The molecule has 0 aliphatic carbocycles. The van der Waals surface area contributed by atoms with Crippen LogP contribution in [-0.4, -0.2) is 63.3 Å². The van der Waals surface area contributed by atoms with Gasteiger partial charge < -0.3 is 14.4 Å². The van der Waals surface area contributed by atoms with Crippen molar-refractivity contribution in [3.05, 3.63) is 59.2 Å². The number of ether oxygens (including phenoxy) is 2. The van der Waals surface area contributed by atoms with Crippen molar-refractivity contribution in [1.82, 2.24) is 14.5 Å². The predicted molar refractivity (Wildman–Crippen MR) is 132 cm³/mol. The SMILES string of the molecule is COc1cccc(-c2ccc(N3CCN(S(=O)(=O)c4cc(C)c(OC)c(C)c4C)CC3)nn2)c1. The molecule has 0 atom stereocenters. The van der Waals surface area contributed by atoms with Crippen LogP contribution in [0.2, 0.25) is 0 Å². The van der Waals surface area contributed by atoms with Crippen molar-refractivity contribution in [3.63, 3.8) is 0 Å². The molecule has 1 aliphatic heterocycles. The van der Waals surface area contributed by atoms with Crippen LogP contribution >= 0.6 is 0 Å². The number of rotatable bonds is 6. The lowest BCUT2D eigenvalue weighted by Gasteiger charge is -2.35. The van der Waals surface area contributed by atoms with Crippen LogP contribution in [0.25, 0.3) is 11.3 Å². The second-order valence-electron chi connectivity index (χ2n) is 8.37. The summed E-state index contributed by atoms with van der Waals surface area (Å²) in [6.07, 6.45) is 0. The second-order valence-corrected chi connectivity index (χ2v) is 10.3. The van der Waals surface area contributed by atoms with E-state index in [1.165, 1.54) is 0 Å². The van der Waals surface area contributed by atoms with Gasteiger partial charge in [-0.05, 0) is 67.8 Å². The van der Waals surface area contributed by atoms with Crippen LogP contribution in [-0.2, 0) is 10.0 Å². The Labute approximate surface area is 201 Å². The van der Waals surface area contributed by atoms with Gasteiger partial charge in [0.15, 0.2) is 5.82 Å². The molecule has 8 nitrogen and oxygen atoms in total. The molecule has 0 bridgehead atoms. The van der Waals surface area contributed by atoms with Gasteiger partial charge in [-0.3, -0.25) is 0 Å². The lowest BCUT2D eigenvalue weighted by atomic mass is 10.1.